The molecule has 7 nitrogen and oxygen atoms in total. The normalized spacial score (nSPS) is 10.3. The molecule has 0 aliphatic carbocycles. The monoisotopic (exact) mass is 393 g/mol. The number of para-hydroxylation sites is 1. The second kappa shape index (κ2) is 8.97. The first-order valence-corrected chi connectivity index (χ1v) is 9.47. The standard InChI is InChI=1S/C20H19N5O2S/c1-25(14-5-3-2-4-6-14)15-7-8-16-17(11-15)28-20(24-16)12-18(26)23-13-19(27)22-10-9-21/h2-8,11H,10,12-13H2,1H3,(H,22,27)(H,23,26). The highest BCUT2D eigenvalue weighted by Crippen LogP contribution is 2.30. The maximum absolute atomic E-state index is 12.0. The van der Waals surface area contributed by atoms with Gasteiger partial charge in [-0.15, -0.1) is 11.3 Å². The van der Waals surface area contributed by atoms with Crippen LogP contribution in [0.25, 0.3) is 10.2 Å². The summed E-state index contributed by atoms with van der Waals surface area (Å²) in [5.41, 5.74) is 2.96. The summed E-state index contributed by atoms with van der Waals surface area (Å²) in [4.78, 5) is 30.0. The van der Waals surface area contributed by atoms with E-state index in [1.165, 1.54) is 11.3 Å². The Morgan fingerprint density at radius 3 is 2.64 bits per heavy atom. The highest BCUT2D eigenvalue weighted by atomic mass is 32.1. The Morgan fingerprint density at radius 2 is 1.89 bits per heavy atom. The van der Waals surface area contributed by atoms with Crippen LogP contribution < -0.4 is 15.5 Å². The minimum Gasteiger partial charge on any atom is -0.347 e. The third-order valence-electron chi connectivity index (χ3n) is 4.07. The number of fused-ring (bicyclic) bond motifs is 1. The molecule has 0 aliphatic heterocycles. The fraction of sp³-hybridized carbons (Fsp3) is 0.200. The van der Waals surface area contributed by atoms with Gasteiger partial charge in [0.15, 0.2) is 0 Å². The number of thiazole rings is 1. The zero-order valence-electron chi connectivity index (χ0n) is 15.3. The predicted molar refractivity (Wildman–Crippen MR) is 109 cm³/mol. The van der Waals surface area contributed by atoms with E-state index in [1.807, 2.05) is 55.6 Å². The van der Waals surface area contributed by atoms with Crippen molar-refractivity contribution in [1.82, 2.24) is 15.6 Å². The molecule has 1 heterocycles. The summed E-state index contributed by atoms with van der Waals surface area (Å²) in [6, 6.07) is 17.9. The summed E-state index contributed by atoms with van der Waals surface area (Å²) < 4.78 is 0.995. The quantitative estimate of drug-likeness (QED) is 0.601. The number of amides is 2. The second-order valence-electron chi connectivity index (χ2n) is 6.04. The number of carbonyl (C=O) groups excluding carboxylic acids is 2. The lowest BCUT2D eigenvalue weighted by atomic mass is 10.2. The van der Waals surface area contributed by atoms with Gasteiger partial charge in [-0.2, -0.15) is 5.26 Å². The van der Waals surface area contributed by atoms with E-state index in [-0.39, 0.29) is 25.4 Å². The third-order valence-corrected chi connectivity index (χ3v) is 5.09. The Kier molecular flexibility index (Phi) is 6.19. The zero-order valence-corrected chi connectivity index (χ0v) is 16.1. The van der Waals surface area contributed by atoms with Crippen LogP contribution >= 0.6 is 11.3 Å². The summed E-state index contributed by atoms with van der Waals surface area (Å²) in [6.45, 7) is -0.232. The van der Waals surface area contributed by atoms with Gasteiger partial charge < -0.3 is 15.5 Å². The highest BCUT2D eigenvalue weighted by molar-refractivity contribution is 7.18. The van der Waals surface area contributed by atoms with Gasteiger partial charge in [0.05, 0.1) is 29.3 Å². The molecule has 8 heteroatoms. The van der Waals surface area contributed by atoms with Gasteiger partial charge in [0.2, 0.25) is 11.8 Å². The first-order valence-electron chi connectivity index (χ1n) is 8.65. The fourth-order valence-corrected chi connectivity index (χ4v) is 3.62. The van der Waals surface area contributed by atoms with Crippen LogP contribution in [0.5, 0.6) is 0 Å². The smallest absolute Gasteiger partial charge is 0.240 e. The number of nitriles is 1. The summed E-state index contributed by atoms with van der Waals surface area (Å²) >= 11 is 1.46. The lowest BCUT2D eigenvalue weighted by Crippen LogP contribution is -2.37. The summed E-state index contributed by atoms with van der Waals surface area (Å²) in [7, 11) is 2.00. The molecule has 0 unspecified atom stereocenters. The molecule has 3 aromatic rings. The lowest BCUT2D eigenvalue weighted by molar-refractivity contribution is -0.125. The van der Waals surface area contributed by atoms with E-state index >= 15 is 0 Å². The molecule has 142 valence electrons. The minimum atomic E-state index is -0.396. The molecular weight excluding hydrogens is 374 g/mol. The number of benzene rings is 2. The number of nitrogens with zero attached hydrogens (tertiary/aromatic N) is 3. The average Bonchev–Trinajstić information content (AvgIpc) is 3.12. The van der Waals surface area contributed by atoms with Gasteiger partial charge in [-0.3, -0.25) is 9.59 Å². The molecule has 0 bridgehead atoms. The number of rotatable bonds is 7. The van der Waals surface area contributed by atoms with Crippen molar-refractivity contribution in [1.29, 1.82) is 5.26 Å². The van der Waals surface area contributed by atoms with Crippen LogP contribution in [-0.2, 0) is 16.0 Å². The van der Waals surface area contributed by atoms with Crippen LogP contribution in [0.3, 0.4) is 0 Å². The Bertz CT molecular complexity index is 1030. The molecule has 0 radical (unpaired) electrons. The molecule has 2 N–H and O–H groups in total. The van der Waals surface area contributed by atoms with Crippen LogP contribution in [0.1, 0.15) is 5.01 Å². The van der Waals surface area contributed by atoms with E-state index in [0.717, 1.165) is 21.6 Å². The van der Waals surface area contributed by atoms with E-state index in [9.17, 15) is 9.59 Å². The largest absolute Gasteiger partial charge is 0.347 e. The molecule has 1 aromatic heterocycles. The second-order valence-corrected chi connectivity index (χ2v) is 7.16. The van der Waals surface area contributed by atoms with E-state index in [0.29, 0.717) is 5.01 Å². The maximum Gasteiger partial charge on any atom is 0.240 e. The lowest BCUT2D eigenvalue weighted by Gasteiger charge is -2.19. The Morgan fingerprint density at radius 1 is 1.11 bits per heavy atom. The van der Waals surface area contributed by atoms with E-state index in [4.69, 9.17) is 5.26 Å². The average molecular weight is 393 g/mol. The molecule has 0 saturated heterocycles. The molecule has 0 atom stereocenters. The van der Waals surface area contributed by atoms with Crippen molar-refractivity contribution in [3.63, 3.8) is 0 Å². The predicted octanol–water partition coefficient (Wildman–Crippen LogP) is 2.36. The molecule has 3 rings (SSSR count). The Hall–Kier alpha value is -3.44. The molecule has 2 aromatic carbocycles. The molecule has 0 aliphatic rings. The van der Waals surface area contributed by atoms with Crippen molar-refractivity contribution in [2.75, 3.05) is 25.0 Å². The van der Waals surface area contributed by atoms with Crippen molar-refractivity contribution in [3.05, 3.63) is 53.5 Å². The van der Waals surface area contributed by atoms with Gasteiger partial charge >= 0.3 is 0 Å². The van der Waals surface area contributed by atoms with Crippen molar-refractivity contribution in [3.8, 4) is 6.07 Å². The third kappa shape index (κ3) is 4.84. The number of aromatic nitrogens is 1. The topological polar surface area (TPSA) is 98.1 Å². The highest BCUT2D eigenvalue weighted by Gasteiger charge is 2.12. The fourth-order valence-electron chi connectivity index (χ4n) is 2.63. The summed E-state index contributed by atoms with van der Waals surface area (Å²) in [6.07, 6.45) is 0.106. The summed E-state index contributed by atoms with van der Waals surface area (Å²) in [5.74, 6) is -0.680. The van der Waals surface area contributed by atoms with Crippen LogP contribution in [-0.4, -0.2) is 36.9 Å². The molecular formula is C20H19N5O2S. The number of nitrogens with one attached hydrogen (secondary N) is 2. The molecule has 28 heavy (non-hydrogen) atoms. The number of hydrogen-bond donors (Lipinski definition) is 2. The van der Waals surface area contributed by atoms with Crippen LogP contribution in [0.15, 0.2) is 48.5 Å². The first-order chi connectivity index (χ1) is 13.6. The van der Waals surface area contributed by atoms with E-state index in [1.54, 1.807) is 0 Å². The van der Waals surface area contributed by atoms with Crippen molar-refractivity contribution < 1.29 is 9.59 Å². The molecule has 0 saturated carbocycles. The van der Waals surface area contributed by atoms with Crippen LogP contribution in [0.4, 0.5) is 11.4 Å². The van der Waals surface area contributed by atoms with Crippen LogP contribution in [0, 0.1) is 11.3 Å². The SMILES string of the molecule is CN(c1ccccc1)c1ccc2nc(CC(=O)NCC(=O)NCC#N)sc2c1. The molecule has 2 amide bonds. The van der Waals surface area contributed by atoms with Gasteiger partial charge in [-0.1, -0.05) is 18.2 Å². The molecule has 0 spiro atoms. The van der Waals surface area contributed by atoms with Gasteiger partial charge in [0.1, 0.15) is 11.6 Å². The van der Waals surface area contributed by atoms with Crippen molar-refractivity contribution >= 4 is 44.7 Å². The number of hydrogen-bond acceptors (Lipinski definition) is 6. The van der Waals surface area contributed by atoms with Gasteiger partial charge in [-0.05, 0) is 30.3 Å². The Balaban J connectivity index is 1.65. The summed E-state index contributed by atoms with van der Waals surface area (Å²) in [5, 5.41) is 14.0. The maximum atomic E-state index is 12.0. The van der Waals surface area contributed by atoms with E-state index < -0.39 is 5.91 Å². The van der Waals surface area contributed by atoms with Gasteiger partial charge in [0, 0.05) is 18.4 Å². The minimum absolute atomic E-state index is 0.0770. The van der Waals surface area contributed by atoms with Gasteiger partial charge in [0.25, 0.3) is 0 Å². The van der Waals surface area contributed by atoms with E-state index in [2.05, 4.69) is 26.6 Å². The van der Waals surface area contributed by atoms with Crippen LogP contribution in [0.2, 0.25) is 0 Å². The molecule has 0 fully saturated rings. The Labute approximate surface area is 166 Å². The first kappa shape index (κ1) is 19.3. The number of anilines is 2. The zero-order chi connectivity index (χ0) is 19.9. The van der Waals surface area contributed by atoms with Crippen molar-refractivity contribution in [2.24, 2.45) is 0 Å². The van der Waals surface area contributed by atoms with Crippen molar-refractivity contribution in [2.45, 2.75) is 6.42 Å². The van der Waals surface area contributed by atoms with Gasteiger partial charge in [-0.25, -0.2) is 4.98 Å². The number of carbonyl (C=O) groups is 2.